The molecule has 21 heteroatoms. The van der Waals surface area contributed by atoms with Gasteiger partial charge in [-0.25, -0.2) is 19.4 Å². The molecule has 6 nitrogen and oxygen atoms in total. The summed E-state index contributed by atoms with van der Waals surface area (Å²) in [5, 5.41) is 0. The fourth-order valence-electron chi connectivity index (χ4n) is 1.15. The van der Waals surface area contributed by atoms with Crippen LogP contribution < -0.4 is 5.69 Å². The van der Waals surface area contributed by atoms with E-state index in [2.05, 4.69) is 9.72 Å². The average Bonchev–Trinajstić information content (AvgIpc) is 2.59. The third-order valence-corrected chi connectivity index (χ3v) is 2.78. The van der Waals surface area contributed by atoms with Crippen molar-refractivity contribution in [3.8, 4) is 0 Å². The Balaban J connectivity index is 0.000000647. The first-order valence-corrected chi connectivity index (χ1v) is 6.96. The molecule has 0 amide bonds. The standard InChI is InChI=1S/C6F10O3.C6H3F5N2O/c7-3(8,5(11,12)13)1(17)19-2(18)4(9,10)6(14,15)16;7-5(8,6(9,10)11)3-1-2-12-4(14)13-3/h;1-2H,(H,12,13,14). The molecule has 0 saturated heterocycles. The highest BCUT2D eigenvalue weighted by Crippen LogP contribution is 2.42. The molecule has 1 aromatic heterocycles. The summed E-state index contributed by atoms with van der Waals surface area (Å²) in [5.41, 5.74) is -2.78. The van der Waals surface area contributed by atoms with Gasteiger partial charge in [0.15, 0.2) is 0 Å². The number of alkyl halides is 15. The summed E-state index contributed by atoms with van der Waals surface area (Å²) in [6.07, 6.45) is -18.4. The van der Waals surface area contributed by atoms with Crippen LogP contribution in [0.4, 0.5) is 65.9 Å². The zero-order valence-electron chi connectivity index (χ0n) is 14.4. The van der Waals surface area contributed by atoms with E-state index in [1.807, 2.05) is 0 Å². The lowest BCUT2D eigenvalue weighted by Gasteiger charge is -2.20. The number of hydrogen-bond donors (Lipinski definition) is 1. The molecule has 33 heavy (non-hydrogen) atoms. The molecule has 0 radical (unpaired) electrons. The summed E-state index contributed by atoms with van der Waals surface area (Å²) in [5.74, 6) is -25.7. The van der Waals surface area contributed by atoms with Gasteiger partial charge < -0.3 is 9.72 Å². The van der Waals surface area contributed by atoms with Crippen LogP contribution in [0, 0.1) is 0 Å². The number of H-pyrrole nitrogens is 1. The Morgan fingerprint density at radius 3 is 1.33 bits per heavy atom. The summed E-state index contributed by atoms with van der Waals surface area (Å²) >= 11 is 0. The van der Waals surface area contributed by atoms with E-state index in [1.54, 1.807) is 0 Å². The molecule has 0 spiro atoms. The number of esters is 2. The van der Waals surface area contributed by atoms with Gasteiger partial charge in [0, 0.05) is 6.20 Å². The van der Waals surface area contributed by atoms with E-state index in [1.165, 1.54) is 4.98 Å². The maximum atomic E-state index is 12.5. The van der Waals surface area contributed by atoms with Gasteiger partial charge in [-0.3, -0.25) is 0 Å². The second-order valence-corrected chi connectivity index (χ2v) is 5.18. The van der Waals surface area contributed by atoms with Crippen LogP contribution in [0.5, 0.6) is 0 Å². The van der Waals surface area contributed by atoms with Crippen molar-refractivity contribution in [2.24, 2.45) is 0 Å². The van der Waals surface area contributed by atoms with Crippen LogP contribution in [0.1, 0.15) is 5.69 Å². The number of aromatic amines is 1. The maximum absolute atomic E-state index is 12.5. The zero-order valence-corrected chi connectivity index (χ0v) is 14.4. The molecule has 0 saturated carbocycles. The first kappa shape index (κ1) is 30.0. The molecule has 0 atom stereocenters. The van der Waals surface area contributed by atoms with E-state index in [0.29, 0.717) is 12.3 Å². The number of carbonyl (C=O) groups is 2. The molecule has 1 rings (SSSR count). The Hall–Kier alpha value is -3.03. The van der Waals surface area contributed by atoms with Gasteiger partial charge in [-0.1, -0.05) is 0 Å². The molecule has 0 fully saturated rings. The molecule has 1 heterocycles. The SMILES string of the molecule is O=C(OC(=O)C(F)(F)C(F)(F)F)C(F)(F)C(F)(F)F.O=c1nccc(C(F)(F)C(F)(F)F)[nH]1. The first-order chi connectivity index (χ1) is 14.3. The van der Waals surface area contributed by atoms with Gasteiger partial charge in [-0.05, 0) is 6.07 Å². The molecule has 0 aromatic carbocycles. The van der Waals surface area contributed by atoms with Crippen molar-refractivity contribution in [3.05, 3.63) is 28.4 Å². The molecule has 1 N–H and O–H groups in total. The fraction of sp³-hybridized carbons (Fsp3) is 0.500. The van der Waals surface area contributed by atoms with Crippen LogP contribution in [0.25, 0.3) is 0 Å². The number of ether oxygens (including phenoxy) is 1. The van der Waals surface area contributed by atoms with E-state index >= 15 is 0 Å². The van der Waals surface area contributed by atoms with E-state index in [0.717, 1.165) is 0 Å². The Morgan fingerprint density at radius 1 is 0.697 bits per heavy atom. The number of halogens is 15. The van der Waals surface area contributed by atoms with E-state index in [4.69, 9.17) is 0 Å². The lowest BCUT2D eigenvalue weighted by molar-refractivity contribution is -0.292. The Morgan fingerprint density at radius 2 is 1.06 bits per heavy atom. The maximum Gasteiger partial charge on any atom is 0.465 e. The molecule has 0 aliphatic heterocycles. The van der Waals surface area contributed by atoms with Crippen molar-refractivity contribution < 1.29 is 80.2 Å². The number of nitrogens with zero attached hydrogens (tertiary/aromatic N) is 1. The quantitative estimate of drug-likeness (QED) is 0.369. The minimum Gasteiger partial charge on any atom is -0.384 e. The minimum absolute atomic E-state index is 0.398. The van der Waals surface area contributed by atoms with Crippen LogP contribution in [-0.2, 0) is 20.2 Å². The monoisotopic (exact) mass is 524 g/mol. The fourth-order valence-corrected chi connectivity index (χ4v) is 1.15. The van der Waals surface area contributed by atoms with Crippen molar-refractivity contribution in [1.82, 2.24) is 9.97 Å². The van der Waals surface area contributed by atoms with Crippen LogP contribution in [0.3, 0.4) is 0 Å². The summed E-state index contributed by atoms with van der Waals surface area (Å²) in [6.45, 7) is 0. The topological polar surface area (TPSA) is 89.1 Å². The second-order valence-electron chi connectivity index (χ2n) is 5.18. The van der Waals surface area contributed by atoms with Crippen LogP contribution in [0.15, 0.2) is 17.1 Å². The van der Waals surface area contributed by atoms with Gasteiger partial charge in [0.05, 0.1) is 0 Å². The predicted molar refractivity (Wildman–Crippen MR) is 67.9 cm³/mol. The molecule has 0 aliphatic carbocycles. The van der Waals surface area contributed by atoms with Gasteiger partial charge in [-0.15, -0.1) is 0 Å². The second kappa shape index (κ2) is 9.08. The Kier molecular flexibility index (Phi) is 8.24. The molecular formula is C12H3F15N2O4. The van der Waals surface area contributed by atoms with Crippen molar-refractivity contribution in [2.75, 3.05) is 0 Å². The smallest absolute Gasteiger partial charge is 0.384 e. The summed E-state index contributed by atoms with van der Waals surface area (Å²) in [6, 6.07) is 0.398. The van der Waals surface area contributed by atoms with Gasteiger partial charge in [-0.2, -0.15) is 65.9 Å². The third kappa shape index (κ3) is 6.73. The van der Waals surface area contributed by atoms with E-state index in [9.17, 15) is 80.2 Å². The van der Waals surface area contributed by atoms with Crippen molar-refractivity contribution in [3.63, 3.8) is 0 Å². The average molecular weight is 524 g/mol. The summed E-state index contributed by atoms with van der Waals surface area (Å²) in [4.78, 5) is 34.8. The molecule has 0 aliphatic rings. The number of aromatic nitrogens is 2. The van der Waals surface area contributed by atoms with Crippen LogP contribution in [-0.4, -0.2) is 52.3 Å². The molecular weight excluding hydrogens is 521 g/mol. The van der Waals surface area contributed by atoms with Gasteiger partial charge >= 0.3 is 53.9 Å². The Labute approximate surface area is 168 Å². The van der Waals surface area contributed by atoms with Crippen molar-refractivity contribution in [1.29, 1.82) is 0 Å². The molecule has 0 bridgehead atoms. The zero-order chi connectivity index (χ0) is 26.8. The van der Waals surface area contributed by atoms with Crippen molar-refractivity contribution in [2.45, 2.75) is 36.3 Å². The van der Waals surface area contributed by atoms with Crippen molar-refractivity contribution >= 4 is 11.9 Å². The Bertz CT molecular complexity index is 877. The third-order valence-electron chi connectivity index (χ3n) is 2.78. The number of carbonyl (C=O) groups excluding carboxylic acids is 2. The largest absolute Gasteiger partial charge is 0.465 e. The minimum atomic E-state index is -6.63. The number of nitrogens with one attached hydrogen (secondary N) is 1. The highest BCUT2D eigenvalue weighted by atomic mass is 19.4. The summed E-state index contributed by atoms with van der Waals surface area (Å²) < 4.78 is 180. The highest BCUT2D eigenvalue weighted by molar-refractivity contribution is 5.93. The van der Waals surface area contributed by atoms with E-state index in [-0.39, 0.29) is 0 Å². The van der Waals surface area contributed by atoms with Gasteiger partial charge in [0.25, 0.3) is 0 Å². The van der Waals surface area contributed by atoms with E-state index < -0.39 is 59.6 Å². The lowest BCUT2D eigenvalue weighted by Crippen LogP contribution is -2.51. The normalized spacial score (nSPS) is 13.7. The molecule has 1 aromatic rings. The number of hydrogen-bond acceptors (Lipinski definition) is 5. The highest BCUT2D eigenvalue weighted by Gasteiger charge is 2.69. The molecule has 190 valence electrons. The molecule has 0 unspecified atom stereocenters. The van der Waals surface area contributed by atoms with Crippen LogP contribution in [0.2, 0.25) is 0 Å². The van der Waals surface area contributed by atoms with Gasteiger partial charge in [0.1, 0.15) is 5.69 Å². The lowest BCUT2D eigenvalue weighted by atomic mass is 10.2. The number of rotatable bonds is 3. The predicted octanol–water partition coefficient (Wildman–Crippen LogP) is 3.88. The van der Waals surface area contributed by atoms with Gasteiger partial charge in [0.2, 0.25) is 0 Å². The summed E-state index contributed by atoms with van der Waals surface area (Å²) in [7, 11) is 0. The van der Waals surface area contributed by atoms with Crippen LogP contribution >= 0.6 is 0 Å². The first-order valence-electron chi connectivity index (χ1n) is 6.96.